The fraction of sp³-hybridized carbons (Fsp3) is 0.500. The van der Waals surface area contributed by atoms with E-state index in [0.29, 0.717) is 0 Å². The Bertz CT molecular complexity index is 285. The molecule has 0 aliphatic rings. The van der Waals surface area contributed by atoms with Gasteiger partial charge in [0.15, 0.2) is 0 Å². The van der Waals surface area contributed by atoms with Crippen LogP contribution >= 0.6 is 0 Å². The Hall–Kier alpha value is -0.603. The van der Waals surface area contributed by atoms with Gasteiger partial charge >= 0.3 is 0 Å². The van der Waals surface area contributed by atoms with Crippen LogP contribution < -0.4 is 5.73 Å². The molecule has 14 heavy (non-hydrogen) atoms. The first kappa shape index (κ1) is 11.5. The molecule has 0 amide bonds. The lowest BCUT2D eigenvalue weighted by molar-refractivity contribution is 0.624. The monoisotopic (exact) mass is 207 g/mol. The van der Waals surface area contributed by atoms with Crippen molar-refractivity contribution >= 4 is 8.07 Å². The van der Waals surface area contributed by atoms with E-state index in [1.807, 2.05) is 6.07 Å². The molecule has 1 aromatic carbocycles. The van der Waals surface area contributed by atoms with Crippen LogP contribution in [0, 0.1) is 0 Å². The van der Waals surface area contributed by atoms with Gasteiger partial charge in [-0.05, 0) is 18.9 Å². The molecule has 0 heterocycles. The minimum atomic E-state index is -1.29. The van der Waals surface area contributed by atoms with Crippen LogP contribution in [0.5, 0.6) is 0 Å². The summed E-state index contributed by atoms with van der Waals surface area (Å²) in [5.74, 6) is 0. The minimum Gasteiger partial charge on any atom is -0.328 e. The van der Waals surface area contributed by atoms with Gasteiger partial charge in [0.1, 0.15) is 0 Å². The van der Waals surface area contributed by atoms with Gasteiger partial charge in [0.2, 0.25) is 0 Å². The van der Waals surface area contributed by atoms with Gasteiger partial charge in [0.25, 0.3) is 0 Å². The molecular formula is C12H21NSi. The van der Waals surface area contributed by atoms with Crippen LogP contribution in [-0.4, -0.2) is 13.2 Å². The molecule has 0 fully saturated rings. The maximum atomic E-state index is 6.39. The summed E-state index contributed by atoms with van der Waals surface area (Å²) in [5, 5.41) is -0.0195. The maximum absolute atomic E-state index is 6.39. The average molecular weight is 207 g/mol. The minimum absolute atomic E-state index is 0.0195. The highest BCUT2D eigenvalue weighted by Gasteiger charge is 2.35. The molecule has 1 atom stereocenters. The average Bonchev–Trinajstić information content (AvgIpc) is 2.03. The summed E-state index contributed by atoms with van der Waals surface area (Å²) in [6.45, 7) is 9.17. The van der Waals surface area contributed by atoms with Crippen molar-refractivity contribution in [1.29, 1.82) is 0 Å². The Balaban J connectivity index is 2.79. The molecule has 1 rings (SSSR count). The summed E-state index contributed by atoms with van der Waals surface area (Å²) in [4.78, 5) is 0. The molecule has 0 radical (unpaired) electrons. The molecule has 1 unspecified atom stereocenters. The van der Waals surface area contributed by atoms with Crippen LogP contribution in [0.3, 0.4) is 0 Å². The highest BCUT2D eigenvalue weighted by atomic mass is 28.3. The van der Waals surface area contributed by atoms with Crippen molar-refractivity contribution in [3.8, 4) is 0 Å². The van der Waals surface area contributed by atoms with Crippen molar-refractivity contribution in [2.75, 3.05) is 0 Å². The molecule has 0 saturated carbocycles. The normalized spacial score (nSPS) is 16.4. The quantitative estimate of drug-likeness (QED) is 0.758. The van der Waals surface area contributed by atoms with Crippen LogP contribution in [0.2, 0.25) is 19.6 Å². The Morgan fingerprint density at radius 1 is 1.14 bits per heavy atom. The van der Waals surface area contributed by atoms with Crippen molar-refractivity contribution in [2.24, 2.45) is 5.73 Å². The van der Waals surface area contributed by atoms with E-state index in [4.69, 9.17) is 5.73 Å². The van der Waals surface area contributed by atoms with Crippen molar-refractivity contribution in [2.45, 2.75) is 38.1 Å². The number of hydrogen-bond donors (Lipinski definition) is 1. The third-order valence-electron chi connectivity index (χ3n) is 3.13. The van der Waals surface area contributed by atoms with Gasteiger partial charge in [-0.15, -0.1) is 0 Å². The van der Waals surface area contributed by atoms with Crippen molar-refractivity contribution in [3.63, 3.8) is 0 Å². The lowest BCUT2D eigenvalue weighted by Gasteiger charge is -2.37. The Labute approximate surface area is 88.3 Å². The van der Waals surface area contributed by atoms with E-state index in [1.54, 1.807) is 0 Å². The standard InChI is InChI=1S/C12H21NSi/c1-12(13,14(2,3)4)10-11-8-6-5-7-9-11/h5-9H,10,13H2,1-4H3. The summed E-state index contributed by atoms with van der Waals surface area (Å²) in [6.07, 6.45) is 0.990. The molecule has 0 aliphatic carbocycles. The summed E-state index contributed by atoms with van der Waals surface area (Å²) < 4.78 is 0. The number of hydrogen-bond acceptors (Lipinski definition) is 1. The number of rotatable bonds is 3. The summed E-state index contributed by atoms with van der Waals surface area (Å²) in [6, 6.07) is 10.5. The van der Waals surface area contributed by atoms with Crippen LogP contribution in [-0.2, 0) is 6.42 Å². The second-order valence-corrected chi connectivity index (χ2v) is 11.0. The molecule has 0 spiro atoms. The van der Waals surface area contributed by atoms with E-state index in [0.717, 1.165) is 6.42 Å². The first-order chi connectivity index (χ1) is 6.33. The van der Waals surface area contributed by atoms with Gasteiger partial charge < -0.3 is 5.73 Å². The highest BCUT2D eigenvalue weighted by Crippen LogP contribution is 2.21. The molecule has 0 aliphatic heterocycles. The van der Waals surface area contributed by atoms with E-state index in [2.05, 4.69) is 50.8 Å². The molecule has 78 valence electrons. The van der Waals surface area contributed by atoms with Gasteiger partial charge in [-0.2, -0.15) is 0 Å². The van der Waals surface area contributed by atoms with Crippen molar-refractivity contribution in [3.05, 3.63) is 35.9 Å². The van der Waals surface area contributed by atoms with E-state index >= 15 is 0 Å². The predicted molar refractivity (Wildman–Crippen MR) is 66.1 cm³/mol. The van der Waals surface area contributed by atoms with Crippen LogP contribution in [0.1, 0.15) is 12.5 Å². The van der Waals surface area contributed by atoms with Gasteiger partial charge in [-0.25, -0.2) is 0 Å². The Morgan fingerprint density at radius 3 is 2.07 bits per heavy atom. The first-order valence-corrected chi connectivity index (χ1v) is 8.66. The van der Waals surface area contributed by atoms with Crippen LogP contribution in [0.25, 0.3) is 0 Å². The maximum Gasteiger partial charge on any atom is 0.0672 e. The van der Waals surface area contributed by atoms with E-state index < -0.39 is 8.07 Å². The smallest absolute Gasteiger partial charge is 0.0672 e. The molecule has 1 aromatic rings. The molecule has 0 aromatic heterocycles. The third-order valence-corrected chi connectivity index (χ3v) is 6.73. The zero-order valence-electron chi connectivity index (χ0n) is 9.67. The predicted octanol–water partition coefficient (Wildman–Crippen LogP) is 2.82. The second kappa shape index (κ2) is 3.87. The SMILES string of the molecule is CC(N)(Cc1ccccc1)[Si](C)(C)C. The van der Waals surface area contributed by atoms with Gasteiger partial charge in [-0.3, -0.25) is 0 Å². The fourth-order valence-electron chi connectivity index (χ4n) is 1.29. The zero-order valence-corrected chi connectivity index (χ0v) is 10.7. The molecular weight excluding hydrogens is 186 g/mol. The van der Waals surface area contributed by atoms with Crippen molar-refractivity contribution < 1.29 is 0 Å². The first-order valence-electron chi connectivity index (χ1n) is 5.16. The Kier molecular flexibility index (Phi) is 3.17. The highest BCUT2D eigenvalue weighted by molar-refractivity contribution is 6.79. The number of nitrogens with two attached hydrogens (primary N) is 1. The van der Waals surface area contributed by atoms with Crippen LogP contribution in [0.4, 0.5) is 0 Å². The Morgan fingerprint density at radius 2 is 1.64 bits per heavy atom. The van der Waals surface area contributed by atoms with Crippen LogP contribution in [0.15, 0.2) is 30.3 Å². The fourth-order valence-corrected chi connectivity index (χ4v) is 2.02. The van der Waals surface area contributed by atoms with Gasteiger partial charge in [0.05, 0.1) is 8.07 Å². The third kappa shape index (κ3) is 2.69. The molecule has 0 bridgehead atoms. The lowest BCUT2D eigenvalue weighted by Crippen LogP contribution is -2.58. The largest absolute Gasteiger partial charge is 0.328 e. The topological polar surface area (TPSA) is 26.0 Å². The van der Waals surface area contributed by atoms with E-state index in [9.17, 15) is 0 Å². The molecule has 0 saturated heterocycles. The summed E-state index contributed by atoms with van der Waals surface area (Å²) in [5.41, 5.74) is 7.73. The zero-order chi connectivity index (χ0) is 10.8. The van der Waals surface area contributed by atoms with Gasteiger partial charge in [-0.1, -0.05) is 50.0 Å². The van der Waals surface area contributed by atoms with Gasteiger partial charge in [0, 0.05) is 5.16 Å². The lowest BCUT2D eigenvalue weighted by atomic mass is 10.1. The second-order valence-electron chi connectivity index (χ2n) is 5.33. The summed E-state index contributed by atoms with van der Waals surface area (Å²) in [7, 11) is -1.29. The molecule has 2 heteroatoms. The van der Waals surface area contributed by atoms with E-state index in [-0.39, 0.29) is 5.16 Å². The number of benzene rings is 1. The molecule has 1 nitrogen and oxygen atoms in total. The van der Waals surface area contributed by atoms with E-state index in [1.165, 1.54) is 5.56 Å². The van der Waals surface area contributed by atoms with Crippen molar-refractivity contribution in [1.82, 2.24) is 0 Å². The summed E-state index contributed by atoms with van der Waals surface area (Å²) >= 11 is 0. The molecule has 2 N–H and O–H groups in total.